The molecule has 1 amide bonds. The van der Waals surface area contributed by atoms with Crippen LogP contribution in [-0.2, 0) is 21.4 Å². The van der Waals surface area contributed by atoms with Gasteiger partial charge in [0.15, 0.2) is 6.10 Å². The van der Waals surface area contributed by atoms with E-state index in [0.29, 0.717) is 56.5 Å². The number of carbonyl (C=O) groups excluding carboxylic acids is 1. The van der Waals surface area contributed by atoms with Crippen LogP contribution in [0, 0.1) is 0 Å². The standard InChI is InChI=1S/C53H53Cl2N7O4S/c1-8-44(65-46-29-23-35(52(4,5)9-2)30-41(46)53(6,7)10-3)49(63)56-37-26-27-43(42(55)31-37)62-50(64)48(47(58-62)33-20-24-36(54)25-21-33)66-45-28-22-34(39-18-14-15-19-40(39)45)32-67-51-57-59-60-61(51)38-16-12-11-13-17-38/h11-31,44,58H,8-10,32H2,1-7H3,(H,56,63). The van der Waals surface area contributed by atoms with Crippen molar-refractivity contribution in [2.75, 3.05) is 5.32 Å². The van der Waals surface area contributed by atoms with E-state index < -0.39 is 11.7 Å². The van der Waals surface area contributed by atoms with E-state index in [-0.39, 0.29) is 27.5 Å². The summed E-state index contributed by atoms with van der Waals surface area (Å²) in [7, 11) is 0. The van der Waals surface area contributed by atoms with Gasteiger partial charge in [0.05, 0.1) is 16.4 Å². The number of tetrazole rings is 1. The van der Waals surface area contributed by atoms with E-state index in [1.807, 2.05) is 91.9 Å². The lowest BCUT2D eigenvalue weighted by atomic mass is 9.76. The zero-order valence-corrected chi connectivity index (χ0v) is 40.9. The molecule has 8 aromatic rings. The first kappa shape index (κ1) is 47.2. The molecule has 8 rings (SSSR count). The van der Waals surface area contributed by atoms with E-state index in [0.717, 1.165) is 40.4 Å². The van der Waals surface area contributed by atoms with Crippen molar-refractivity contribution >= 4 is 57.3 Å². The minimum absolute atomic E-state index is 0.00422. The van der Waals surface area contributed by atoms with Crippen molar-refractivity contribution in [3.05, 3.63) is 164 Å². The lowest BCUT2D eigenvalue weighted by molar-refractivity contribution is -0.122. The van der Waals surface area contributed by atoms with Gasteiger partial charge in [-0.2, -0.15) is 4.68 Å². The Morgan fingerprint density at radius 3 is 2.21 bits per heavy atom. The smallest absolute Gasteiger partial charge is 0.314 e. The van der Waals surface area contributed by atoms with Gasteiger partial charge in [0.2, 0.25) is 10.9 Å². The van der Waals surface area contributed by atoms with Crippen molar-refractivity contribution in [1.82, 2.24) is 30.0 Å². The molecule has 11 nitrogen and oxygen atoms in total. The minimum atomic E-state index is -0.773. The zero-order valence-electron chi connectivity index (χ0n) is 38.6. The maximum absolute atomic E-state index is 14.6. The summed E-state index contributed by atoms with van der Waals surface area (Å²) in [6.45, 7) is 15.2. The number of nitrogens with zero attached hydrogens (tertiary/aromatic N) is 5. The molecule has 0 saturated carbocycles. The zero-order chi connectivity index (χ0) is 47.5. The second-order valence-corrected chi connectivity index (χ2v) is 19.5. The first-order valence-corrected chi connectivity index (χ1v) is 24.1. The number of anilines is 1. The molecule has 2 heterocycles. The number of ether oxygens (including phenoxy) is 2. The molecule has 67 heavy (non-hydrogen) atoms. The number of benzene rings is 6. The number of rotatable bonds is 17. The average molecular weight is 955 g/mol. The molecule has 14 heteroatoms. The molecule has 1 atom stereocenters. The van der Waals surface area contributed by atoms with E-state index in [9.17, 15) is 9.59 Å². The normalized spacial score (nSPS) is 12.3. The summed E-state index contributed by atoms with van der Waals surface area (Å²) in [4.78, 5) is 28.4. The number of hydrogen-bond donors (Lipinski definition) is 2. The van der Waals surface area contributed by atoms with Gasteiger partial charge in [-0.3, -0.25) is 14.7 Å². The van der Waals surface area contributed by atoms with Crippen LogP contribution in [0.2, 0.25) is 10.0 Å². The van der Waals surface area contributed by atoms with Gasteiger partial charge in [-0.15, -0.1) is 5.10 Å². The first-order valence-electron chi connectivity index (χ1n) is 22.4. The molecule has 0 radical (unpaired) electrons. The number of aromatic nitrogens is 6. The van der Waals surface area contributed by atoms with Crippen LogP contribution in [0.3, 0.4) is 0 Å². The maximum Gasteiger partial charge on any atom is 0.314 e. The topological polar surface area (TPSA) is 129 Å². The summed E-state index contributed by atoms with van der Waals surface area (Å²) in [5, 5.41) is 21.8. The van der Waals surface area contributed by atoms with Crippen molar-refractivity contribution in [2.24, 2.45) is 0 Å². The van der Waals surface area contributed by atoms with Crippen LogP contribution in [-0.4, -0.2) is 42.0 Å². The highest BCUT2D eigenvalue weighted by atomic mass is 35.5. The van der Waals surface area contributed by atoms with Crippen molar-refractivity contribution < 1.29 is 14.3 Å². The van der Waals surface area contributed by atoms with E-state index >= 15 is 0 Å². The van der Waals surface area contributed by atoms with Gasteiger partial charge >= 0.3 is 5.56 Å². The highest BCUT2D eigenvalue weighted by Gasteiger charge is 2.29. The maximum atomic E-state index is 14.6. The quantitative estimate of drug-likeness (QED) is 0.0864. The third-order valence-corrected chi connectivity index (χ3v) is 14.1. The number of H-pyrrole nitrogens is 1. The molecule has 1 unspecified atom stereocenters. The third kappa shape index (κ3) is 10.0. The fourth-order valence-corrected chi connectivity index (χ4v) is 9.03. The van der Waals surface area contributed by atoms with Gasteiger partial charge in [0, 0.05) is 33.0 Å². The van der Waals surface area contributed by atoms with Crippen LogP contribution in [0.15, 0.2) is 137 Å². The predicted molar refractivity (Wildman–Crippen MR) is 271 cm³/mol. The first-order chi connectivity index (χ1) is 32.2. The highest BCUT2D eigenvalue weighted by molar-refractivity contribution is 7.98. The lowest BCUT2D eigenvalue weighted by Crippen LogP contribution is -2.33. The molecule has 0 aliphatic heterocycles. The summed E-state index contributed by atoms with van der Waals surface area (Å²) in [5.74, 6) is 1.50. The highest BCUT2D eigenvalue weighted by Crippen LogP contribution is 2.40. The van der Waals surface area contributed by atoms with E-state index in [2.05, 4.69) is 79.6 Å². The molecule has 2 N–H and O–H groups in total. The lowest BCUT2D eigenvalue weighted by Gasteiger charge is -2.31. The number of nitrogens with one attached hydrogen (secondary N) is 2. The molecule has 0 bridgehead atoms. The van der Waals surface area contributed by atoms with E-state index in [1.165, 1.54) is 22.0 Å². The van der Waals surface area contributed by atoms with E-state index in [1.54, 1.807) is 35.0 Å². The number of thioether (sulfide) groups is 1. The Balaban J connectivity index is 1.06. The Morgan fingerprint density at radius 1 is 0.806 bits per heavy atom. The molecule has 0 saturated heterocycles. The number of hydrogen-bond acceptors (Lipinski definition) is 8. The Bertz CT molecular complexity index is 3110. The van der Waals surface area contributed by atoms with Crippen LogP contribution in [0.4, 0.5) is 5.69 Å². The van der Waals surface area contributed by atoms with Crippen LogP contribution in [0.1, 0.15) is 84.4 Å². The molecule has 0 aliphatic rings. The van der Waals surface area contributed by atoms with Gasteiger partial charge < -0.3 is 14.8 Å². The number of carbonyl (C=O) groups is 1. The van der Waals surface area contributed by atoms with Crippen LogP contribution in [0.25, 0.3) is 33.4 Å². The fraction of sp³-hybridized carbons (Fsp3) is 0.264. The van der Waals surface area contributed by atoms with Gasteiger partial charge in [-0.05, 0) is 112 Å². The number of aromatic amines is 1. The fourth-order valence-electron chi connectivity index (χ4n) is 7.74. The van der Waals surface area contributed by atoms with Gasteiger partial charge in [-0.25, -0.2) is 4.68 Å². The Kier molecular flexibility index (Phi) is 14.0. The summed E-state index contributed by atoms with van der Waals surface area (Å²) < 4.78 is 16.2. The number of amides is 1. The van der Waals surface area contributed by atoms with Crippen molar-refractivity contribution in [3.8, 4) is 39.9 Å². The number of halogens is 2. The Hall–Kier alpha value is -6.34. The summed E-state index contributed by atoms with van der Waals surface area (Å²) in [5.41, 5.74) is 5.46. The molecule has 344 valence electrons. The summed E-state index contributed by atoms with van der Waals surface area (Å²) >= 11 is 14.8. The largest absolute Gasteiger partial charge is 0.480 e. The Morgan fingerprint density at radius 2 is 1.51 bits per heavy atom. The monoisotopic (exact) mass is 953 g/mol. The van der Waals surface area contributed by atoms with Crippen LogP contribution >= 0.6 is 35.0 Å². The molecule has 0 spiro atoms. The molecule has 0 fully saturated rings. The number of para-hydroxylation sites is 1. The van der Waals surface area contributed by atoms with Gasteiger partial charge in [-0.1, -0.05) is 156 Å². The van der Waals surface area contributed by atoms with E-state index in [4.69, 9.17) is 32.7 Å². The number of fused-ring (bicyclic) bond motifs is 1. The average Bonchev–Trinajstić information content (AvgIpc) is 3.94. The van der Waals surface area contributed by atoms with Crippen LogP contribution in [0.5, 0.6) is 17.2 Å². The SMILES string of the molecule is CCC(Oc1ccc(C(C)(C)CC)cc1C(C)(C)CC)C(=O)Nc1ccc(-n2[nH]c(-c3ccc(Cl)cc3)c(Oc3ccc(CSc4nnnn4-c4ccccc4)c4ccccc34)c2=O)c(Cl)c1. The summed E-state index contributed by atoms with van der Waals surface area (Å²) in [6.07, 6.45) is 1.56. The predicted octanol–water partition coefficient (Wildman–Crippen LogP) is 13.5. The molecule has 6 aromatic carbocycles. The van der Waals surface area contributed by atoms with Gasteiger partial charge in [0.25, 0.3) is 5.91 Å². The van der Waals surface area contributed by atoms with Crippen molar-refractivity contribution in [1.29, 1.82) is 0 Å². The molecule has 2 aromatic heterocycles. The van der Waals surface area contributed by atoms with Crippen molar-refractivity contribution in [3.63, 3.8) is 0 Å². The second-order valence-electron chi connectivity index (χ2n) is 17.7. The Labute approximate surface area is 404 Å². The second kappa shape index (κ2) is 19.9. The van der Waals surface area contributed by atoms with Gasteiger partial charge in [0.1, 0.15) is 17.2 Å². The molecular weight excluding hydrogens is 902 g/mol. The molecule has 0 aliphatic carbocycles. The van der Waals surface area contributed by atoms with Crippen LogP contribution < -0.4 is 20.3 Å². The molecular formula is C53H53Cl2N7O4S. The summed E-state index contributed by atoms with van der Waals surface area (Å²) in [6, 6.07) is 40.0. The minimum Gasteiger partial charge on any atom is -0.480 e. The third-order valence-electron chi connectivity index (χ3n) is 12.6. The van der Waals surface area contributed by atoms with Crippen molar-refractivity contribution in [2.45, 2.75) is 95.6 Å².